The minimum absolute atomic E-state index is 0.148. The summed E-state index contributed by atoms with van der Waals surface area (Å²) in [5.41, 5.74) is 1.77. The normalized spacial score (nSPS) is 12.4. The van der Waals surface area contributed by atoms with Crippen LogP contribution in [0.15, 0.2) is 18.2 Å². The highest BCUT2D eigenvalue weighted by Gasteiger charge is 2.19. The quantitative estimate of drug-likeness (QED) is 0.551. The van der Waals surface area contributed by atoms with Crippen LogP contribution in [-0.2, 0) is 6.54 Å². The van der Waals surface area contributed by atoms with Crippen LogP contribution in [0.5, 0.6) is 0 Å². The molecule has 1 atom stereocenters. The summed E-state index contributed by atoms with van der Waals surface area (Å²) in [5, 5.41) is 14.1. The molecule has 5 nitrogen and oxygen atoms in total. The van der Waals surface area contributed by atoms with Crippen LogP contribution < -0.4 is 5.32 Å². The van der Waals surface area contributed by atoms with Gasteiger partial charge in [-0.1, -0.05) is 32.4 Å². The largest absolute Gasteiger partial charge is 0.382 e. The van der Waals surface area contributed by atoms with E-state index in [4.69, 9.17) is 0 Å². The van der Waals surface area contributed by atoms with E-state index in [1.165, 1.54) is 0 Å². The number of nitrogens with one attached hydrogen (secondary N) is 1. The molecule has 0 heterocycles. The van der Waals surface area contributed by atoms with E-state index in [1.54, 1.807) is 19.2 Å². The number of nitrogens with zero attached hydrogens (tertiary/aromatic N) is 2. The first-order chi connectivity index (χ1) is 10.0. The summed E-state index contributed by atoms with van der Waals surface area (Å²) in [7, 11) is 1.74. The van der Waals surface area contributed by atoms with Crippen LogP contribution in [0.1, 0.15) is 45.6 Å². The molecule has 0 bridgehead atoms. The maximum Gasteiger partial charge on any atom is 0.292 e. The molecule has 0 aliphatic heterocycles. The fourth-order valence-corrected chi connectivity index (χ4v) is 2.45. The van der Waals surface area contributed by atoms with Crippen molar-refractivity contribution in [1.82, 2.24) is 4.90 Å². The second-order valence-corrected chi connectivity index (χ2v) is 5.40. The molecule has 0 fully saturated rings. The first-order valence-electron chi connectivity index (χ1n) is 7.73. The molecule has 1 aromatic carbocycles. The molecule has 0 saturated heterocycles. The average molecular weight is 293 g/mol. The monoisotopic (exact) mass is 293 g/mol. The van der Waals surface area contributed by atoms with Crippen molar-refractivity contribution in [2.75, 3.05) is 18.9 Å². The molecule has 0 spiro atoms. The van der Waals surface area contributed by atoms with E-state index in [-0.39, 0.29) is 10.6 Å². The Morgan fingerprint density at radius 1 is 1.38 bits per heavy atom. The van der Waals surface area contributed by atoms with Gasteiger partial charge in [-0.25, -0.2) is 0 Å². The topological polar surface area (TPSA) is 58.4 Å². The van der Waals surface area contributed by atoms with Crippen molar-refractivity contribution < 1.29 is 4.92 Å². The average Bonchev–Trinajstić information content (AvgIpc) is 2.49. The third-order valence-corrected chi connectivity index (χ3v) is 3.96. The smallest absolute Gasteiger partial charge is 0.292 e. The highest BCUT2D eigenvalue weighted by molar-refractivity contribution is 5.66. The molecule has 118 valence electrons. The molecule has 1 N–H and O–H groups in total. The van der Waals surface area contributed by atoms with Crippen molar-refractivity contribution in [2.45, 2.75) is 52.6 Å². The standard InChI is InChI=1S/C16H27N3O2/c1-5-7-11-18(13(3)6-2)12-14-9-8-10-15(19(20)21)16(14)17-4/h8-10,13,17H,5-7,11-12H2,1-4H3. The summed E-state index contributed by atoms with van der Waals surface area (Å²) in [6.45, 7) is 8.34. The number of nitro groups is 1. The molecule has 0 radical (unpaired) electrons. The molecular formula is C16H27N3O2. The Morgan fingerprint density at radius 2 is 2.10 bits per heavy atom. The first-order valence-corrected chi connectivity index (χ1v) is 7.73. The zero-order valence-electron chi connectivity index (χ0n) is 13.6. The molecule has 0 aliphatic carbocycles. The third kappa shape index (κ3) is 4.70. The Bertz CT molecular complexity index is 463. The Morgan fingerprint density at radius 3 is 2.62 bits per heavy atom. The molecule has 5 heteroatoms. The Balaban J connectivity index is 3.02. The number of anilines is 1. The van der Waals surface area contributed by atoms with E-state index in [0.717, 1.165) is 37.9 Å². The molecule has 0 aliphatic rings. The van der Waals surface area contributed by atoms with Crippen LogP contribution in [0, 0.1) is 10.1 Å². The minimum atomic E-state index is -0.324. The second kappa shape index (κ2) is 8.62. The first kappa shape index (κ1) is 17.4. The zero-order chi connectivity index (χ0) is 15.8. The molecule has 21 heavy (non-hydrogen) atoms. The van der Waals surface area contributed by atoms with Crippen molar-refractivity contribution in [2.24, 2.45) is 0 Å². The van der Waals surface area contributed by atoms with Crippen molar-refractivity contribution in [1.29, 1.82) is 0 Å². The summed E-state index contributed by atoms with van der Waals surface area (Å²) >= 11 is 0. The van der Waals surface area contributed by atoms with E-state index in [2.05, 4.69) is 31.0 Å². The number of hydrogen-bond donors (Lipinski definition) is 1. The summed E-state index contributed by atoms with van der Waals surface area (Å²) in [5.74, 6) is 0. The molecule has 1 unspecified atom stereocenters. The lowest BCUT2D eigenvalue weighted by Gasteiger charge is -2.29. The lowest BCUT2D eigenvalue weighted by Crippen LogP contribution is -2.33. The molecular weight excluding hydrogens is 266 g/mol. The van der Waals surface area contributed by atoms with Gasteiger partial charge in [0.05, 0.1) is 4.92 Å². The van der Waals surface area contributed by atoms with Crippen LogP contribution in [-0.4, -0.2) is 29.5 Å². The Hall–Kier alpha value is -1.62. The maximum absolute atomic E-state index is 11.1. The molecule has 0 aromatic heterocycles. The van der Waals surface area contributed by atoms with Crippen LogP contribution >= 0.6 is 0 Å². The van der Waals surface area contributed by atoms with Crippen molar-refractivity contribution in [3.63, 3.8) is 0 Å². The van der Waals surface area contributed by atoms with Crippen molar-refractivity contribution in [3.05, 3.63) is 33.9 Å². The lowest BCUT2D eigenvalue weighted by molar-refractivity contribution is -0.384. The van der Waals surface area contributed by atoms with Gasteiger partial charge in [-0.3, -0.25) is 15.0 Å². The fourth-order valence-electron chi connectivity index (χ4n) is 2.45. The van der Waals surface area contributed by atoms with Gasteiger partial charge in [0, 0.05) is 25.7 Å². The minimum Gasteiger partial charge on any atom is -0.382 e. The van der Waals surface area contributed by atoms with Crippen molar-refractivity contribution in [3.8, 4) is 0 Å². The fraction of sp³-hybridized carbons (Fsp3) is 0.625. The Kier molecular flexibility index (Phi) is 7.15. The van der Waals surface area contributed by atoms with Crippen LogP contribution in [0.25, 0.3) is 0 Å². The highest BCUT2D eigenvalue weighted by Crippen LogP contribution is 2.29. The van der Waals surface area contributed by atoms with Gasteiger partial charge in [0.15, 0.2) is 0 Å². The van der Waals surface area contributed by atoms with E-state index >= 15 is 0 Å². The summed E-state index contributed by atoms with van der Waals surface area (Å²) in [4.78, 5) is 13.2. The maximum atomic E-state index is 11.1. The SMILES string of the molecule is CCCCN(Cc1cccc([N+](=O)[O-])c1NC)C(C)CC. The van der Waals surface area contributed by atoms with Gasteiger partial charge in [0.2, 0.25) is 0 Å². The number of nitro benzene ring substituents is 1. The number of benzene rings is 1. The van der Waals surface area contributed by atoms with Gasteiger partial charge in [0.1, 0.15) is 5.69 Å². The van der Waals surface area contributed by atoms with E-state index in [0.29, 0.717) is 11.7 Å². The summed E-state index contributed by atoms with van der Waals surface area (Å²) in [6, 6.07) is 5.76. The number of unbranched alkanes of at least 4 members (excludes halogenated alkanes) is 1. The third-order valence-electron chi connectivity index (χ3n) is 3.96. The highest BCUT2D eigenvalue weighted by atomic mass is 16.6. The number of hydrogen-bond acceptors (Lipinski definition) is 4. The predicted octanol–water partition coefficient (Wildman–Crippen LogP) is 4.04. The van der Waals surface area contributed by atoms with Gasteiger partial charge in [-0.2, -0.15) is 0 Å². The molecule has 0 saturated carbocycles. The summed E-state index contributed by atoms with van der Waals surface area (Å²) in [6.07, 6.45) is 3.38. The zero-order valence-corrected chi connectivity index (χ0v) is 13.6. The van der Waals surface area contributed by atoms with Crippen LogP contribution in [0.2, 0.25) is 0 Å². The van der Waals surface area contributed by atoms with Crippen LogP contribution in [0.4, 0.5) is 11.4 Å². The second-order valence-electron chi connectivity index (χ2n) is 5.40. The molecule has 1 rings (SSSR count). The van der Waals surface area contributed by atoms with Gasteiger partial charge < -0.3 is 5.32 Å². The predicted molar refractivity (Wildman–Crippen MR) is 87.7 cm³/mol. The lowest BCUT2D eigenvalue weighted by atomic mass is 10.1. The van der Waals surface area contributed by atoms with Gasteiger partial charge in [0.25, 0.3) is 5.69 Å². The molecule has 0 amide bonds. The number of rotatable bonds is 9. The van der Waals surface area contributed by atoms with Gasteiger partial charge in [-0.05, 0) is 31.9 Å². The number of para-hydroxylation sites is 1. The Labute approximate surface area is 127 Å². The van der Waals surface area contributed by atoms with E-state index in [1.807, 2.05) is 6.07 Å². The van der Waals surface area contributed by atoms with Gasteiger partial charge >= 0.3 is 0 Å². The van der Waals surface area contributed by atoms with Crippen molar-refractivity contribution >= 4 is 11.4 Å². The molecule has 1 aromatic rings. The van der Waals surface area contributed by atoms with Gasteiger partial charge in [-0.15, -0.1) is 0 Å². The summed E-state index contributed by atoms with van der Waals surface area (Å²) < 4.78 is 0. The van der Waals surface area contributed by atoms with E-state index < -0.39 is 0 Å². The van der Waals surface area contributed by atoms with Crippen LogP contribution in [0.3, 0.4) is 0 Å². The van der Waals surface area contributed by atoms with E-state index in [9.17, 15) is 10.1 Å².